The standard InChI is InChI=1S/C15H18N4O3S/c1-4-22-14(20)13-12(10-5-7-11(21-3)8-6-10)18-19-9(2)16-17-15(19)23-13/h5-8,12-13,18H,4H2,1-3H3. The number of aromatic nitrogens is 3. The molecule has 7 nitrogen and oxygen atoms in total. The number of nitrogens with zero attached hydrogens (tertiary/aromatic N) is 3. The summed E-state index contributed by atoms with van der Waals surface area (Å²) >= 11 is 1.36. The van der Waals surface area contributed by atoms with Gasteiger partial charge in [-0.3, -0.25) is 4.79 Å². The summed E-state index contributed by atoms with van der Waals surface area (Å²) in [5, 5.41) is 8.37. The molecule has 122 valence electrons. The van der Waals surface area contributed by atoms with Gasteiger partial charge >= 0.3 is 5.97 Å². The Kier molecular flexibility index (Phi) is 4.42. The first-order valence-corrected chi connectivity index (χ1v) is 8.17. The summed E-state index contributed by atoms with van der Waals surface area (Å²) in [7, 11) is 1.62. The van der Waals surface area contributed by atoms with Gasteiger partial charge in [-0.2, -0.15) is 0 Å². The molecule has 0 amide bonds. The van der Waals surface area contributed by atoms with E-state index in [0.29, 0.717) is 11.8 Å². The fourth-order valence-electron chi connectivity index (χ4n) is 2.43. The Morgan fingerprint density at radius 1 is 1.35 bits per heavy atom. The van der Waals surface area contributed by atoms with Crippen LogP contribution in [-0.2, 0) is 9.53 Å². The van der Waals surface area contributed by atoms with Gasteiger partial charge in [0.25, 0.3) is 0 Å². The summed E-state index contributed by atoms with van der Waals surface area (Å²) in [4.78, 5) is 12.4. The molecule has 23 heavy (non-hydrogen) atoms. The predicted octanol–water partition coefficient (Wildman–Crippen LogP) is 1.92. The molecule has 1 aromatic carbocycles. The molecule has 1 aliphatic rings. The Labute approximate surface area is 138 Å². The zero-order valence-corrected chi connectivity index (χ0v) is 14.0. The molecular weight excluding hydrogens is 316 g/mol. The molecule has 1 N–H and O–H groups in total. The monoisotopic (exact) mass is 334 g/mol. The van der Waals surface area contributed by atoms with Gasteiger partial charge in [-0.15, -0.1) is 10.2 Å². The molecule has 0 bridgehead atoms. The van der Waals surface area contributed by atoms with Crippen molar-refractivity contribution in [1.29, 1.82) is 0 Å². The van der Waals surface area contributed by atoms with E-state index in [4.69, 9.17) is 9.47 Å². The molecule has 2 unspecified atom stereocenters. The van der Waals surface area contributed by atoms with Gasteiger partial charge in [0.05, 0.1) is 19.8 Å². The van der Waals surface area contributed by atoms with Crippen molar-refractivity contribution in [2.75, 3.05) is 19.1 Å². The quantitative estimate of drug-likeness (QED) is 0.856. The third kappa shape index (κ3) is 2.98. The molecule has 8 heteroatoms. The minimum Gasteiger partial charge on any atom is -0.497 e. The zero-order valence-electron chi connectivity index (χ0n) is 13.1. The third-order valence-electron chi connectivity index (χ3n) is 3.59. The van der Waals surface area contributed by atoms with Crippen LogP contribution in [0.4, 0.5) is 0 Å². The molecule has 0 fully saturated rings. The van der Waals surface area contributed by atoms with Crippen LogP contribution in [0, 0.1) is 6.92 Å². The molecule has 0 saturated carbocycles. The van der Waals surface area contributed by atoms with Gasteiger partial charge < -0.3 is 14.9 Å². The van der Waals surface area contributed by atoms with E-state index in [-0.39, 0.29) is 12.0 Å². The van der Waals surface area contributed by atoms with Crippen molar-refractivity contribution in [3.05, 3.63) is 35.7 Å². The minimum atomic E-state index is -0.431. The Hall–Kier alpha value is -2.22. The largest absolute Gasteiger partial charge is 0.497 e. The van der Waals surface area contributed by atoms with Crippen molar-refractivity contribution in [3.63, 3.8) is 0 Å². The lowest BCUT2D eigenvalue weighted by Crippen LogP contribution is -2.39. The van der Waals surface area contributed by atoms with Crippen LogP contribution in [0.2, 0.25) is 0 Å². The number of ether oxygens (including phenoxy) is 2. The molecule has 2 aromatic rings. The molecule has 2 heterocycles. The number of carbonyl (C=O) groups excluding carboxylic acids is 1. The summed E-state index contributed by atoms with van der Waals surface area (Å²) in [5.41, 5.74) is 4.29. The molecule has 0 radical (unpaired) electrons. The number of hydrogen-bond acceptors (Lipinski definition) is 7. The smallest absolute Gasteiger partial charge is 0.322 e. The maximum Gasteiger partial charge on any atom is 0.322 e. The number of rotatable bonds is 4. The van der Waals surface area contributed by atoms with E-state index >= 15 is 0 Å². The van der Waals surface area contributed by atoms with Crippen molar-refractivity contribution >= 4 is 17.7 Å². The number of carbonyl (C=O) groups is 1. The third-order valence-corrected chi connectivity index (χ3v) is 4.79. The lowest BCUT2D eigenvalue weighted by molar-refractivity contribution is -0.142. The van der Waals surface area contributed by atoms with Gasteiger partial charge in [-0.25, -0.2) is 4.68 Å². The summed E-state index contributed by atoms with van der Waals surface area (Å²) < 4.78 is 12.2. The zero-order chi connectivity index (χ0) is 16.4. The van der Waals surface area contributed by atoms with Crippen LogP contribution in [-0.4, -0.2) is 39.8 Å². The van der Waals surface area contributed by atoms with Crippen molar-refractivity contribution in [2.24, 2.45) is 0 Å². The summed E-state index contributed by atoms with van der Waals surface area (Å²) in [6, 6.07) is 7.38. The number of nitrogens with one attached hydrogen (secondary N) is 1. The van der Waals surface area contributed by atoms with Crippen molar-refractivity contribution in [2.45, 2.75) is 30.3 Å². The maximum atomic E-state index is 12.4. The number of fused-ring (bicyclic) bond motifs is 1. The summed E-state index contributed by atoms with van der Waals surface area (Å²) in [6.45, 7) is 4.00. The predicted molar refractivity (Wildman–Crippen MR) is 86.1 cm³/mol. The maximum absolute atomic E-state index is 12.4. The highest BCUT2D eigenvalue weighted by molar-refractivity contribution is 8.00. The first kappa shape index (κ1) is 15.7. The highest BCUT2D eigenvalue weighted by Crippen LogP contribution is 2.37. The lowest BCUT2D eigenvalue weighted by Gasteiger charge is -2.32. The van der Waals surface area contributed by atoms with Crippen LogP contribution in [0.15, 0.2) is 29.4 Å². The Morgan fingerprint density at radius 2 is 2.09 bits per heavy atom. The second-order valence-electron chi connectivity index (χ2n) is 5.04. The topological polar surface area (TPSA) is 78.3 Å². The molecule has 0 spiro atoms. The van der Waals surface area contributed by atoms with Crippen molar-refractivity contribution in [1.82, 2.24) is 14.9 Å². The van der Waals surface area contributed by atoms with Gasteiger partial charge in [0.15, 0.2) is 0 Å². The van der Waals surface area contributed by atoms with Gasteiger partial charge in [-0.05, 0) is 31.5 Å². The normalized spacial score (nSPS) is 19.6. The molecule has 1 aromatic heterocycles. The minimum absolute atomic E-state index is 0.243. The van der Waals surface area contributed by atoms with Gasteiger partial charge in [-0.1, -0.05) is 23.9 Å². The van der Waals surface area contributed by atoms with Crippen LogP contribution in [0.5, 0.6) is 5.75 Å². The second kappa shape index (κ2) is 6.49. The number of esters is 1. The van der Waals surface area contributed by atoms with E-state index in [2.05, 4.69) is 15.6 Å². The van der Waals surface area contributed by atoms with E-state index in [9.17, 15) is 4.79 Å². The molecule has 1 aliphatic heterocycles. The lowest BCUT2D eigenvalue weighted by atomic mass is 10.0. The first-order valence-electron chi connectivity index (χ1n) is 7.29. The number of hydrogen-bond donors (Lipinski definition) is 1. The van der Waals surface area contributed by atoms with E-state index in [1.54, 1.807) is 18.7 Å². The average molecular weight is 334 g/mol. The number of benzene rings is 1. The summed E-state index contributed by atoms with van der Waals surface area (Å²) in [5.74, 6) is 1.25. The van der Waals surface area contributed by atoms with E-state index in [1.807, 2.05) is 31.2 Å². The van der Waals surface area contributed by atoms with E-state index in [0.717, 1.165) is 17.1 Å². The molecular formula is C15H18N4O3S. The van der Waals surface area contributed by atoms with Crippen LogP contribution in [0.1, 0.15) is 24.4 Å². The van der Waals surface area contributed by atoms with Crippen LogP contribution >= 0.6 is 11.8 Å². The first-order chi connectivity index (χ1) is 11.1. The van der Waals surface area contributed by atoms with E-state index in [1.165, 1.54) is 11.8 Å². The Bertz CT molecular complexity index is 701. The number of methoxy groups -OCH3 is 1. The second-order valence-corrected chi connectivity index (χ2v) is 6.14. The van der Waals surface area contributed by atoms with Gasteiger partial charge in [0, 0.05) is 0 Å². The van der Waals surface area contributed by atoms with Gasteiger partial charge in [0.2, 0.25) is 5.16 Å². The van der Waals surface area contributed by atoms with E-state index < -0.39 is 5.25 Å². The number of aryl methyl sites for hydroxylation is 1. The number of thioether (sulfide) groups is 1. The van der Waals surface area contributed by atoms with Crippen molar-refractivity contribution in [3.8, 4) is 5.75 Å². The fourth-order valence-corrected chi connectivity index (χ4v) is 3.55. The highest BCUT2D eigenvalue weighted by Gasteiger charge is 2.38. The van der Waals surface area contributed by atoms with Crippen molar-refractivity contribution < 1.29 is 14.3 Å². The SMILES string of the molecule is CCOC(=O)C1Sc2nnc(C)n2NC1c1ccc(OC)cc1. The average Bonchev–Trinajstić information content (AvgIpc) is 2.94. The van der Waals surface area contributed by atoms with Crippen LogP contribution < -0.4 is 10.2 Å². The molecule has 0 aliphatic carbocycles. The summed E-state index contributed by atoms with van der Waals surface area (Å²) in [6.07, 6.45) is 0. The van der Waals surface area contributed by atoms with Crippen LogP contribution in [0.25, 0.3) is 0 Å². The highest BCUT2D eigenvalue weighted by atomic mass is 32.2. The molecule has 2 atom stereocenters. The Morgan fingerprint density at radius 3 is 2.74 bits per heavy atom. The fraction of sp³-hybridized carbons (Fsp3) is 0.400. The molecule has 3 rings (SSSR count). The molecule has 0 saturated heterocycles. The Balaban J connectivity index is 1.95. The van der Waals surface area contributed by atoms with Crippen LogP contribution in [0.3, 0.4) is 0 Å². The van der Waals surface area contributed by atoms with Gasteiger partial charge in [0.1, 0.15) is 16.8 Å².